The van der Waals surface area contributed by atoms with Gasteiger partial charge in [-0.2, -0.15) is 0 Å². The van der Waals surface area contributed by atoms with Gasteiger partial charge in [-0.25, -0.2) is 4.98 Å². The Labute approximate surface area is 148 Å². The molecule has 1 heterocycles. The number of aromatic nitrogens is 1. The fourth-order valence-electron chi connectivity index (χ4n) is 2.33. The van der Waals surface area contributed by atoms with E-state index in [-0.39, 0.29) is 30.2 Å². The maximum atomic E-state index is 12.1. The number of carbonyl (C=O) groups excluding carboxylic acids is 2. The lowest BCUT2D eigenvalue weighted by molar-refractivity contribution is -0.116. The smallest absolute Gasteiger partial charge is 0.251 e. The number of nitrogens with zero attached hydrogens (tertiary/aromatic N) is 1. The van der Waals surface area contributed by atoms with Crippen molar-refractivity contribution in [1.82, 2.24) is 10.3 Å². The number of hydrogen-bond acceptors (Lipinski definition) is 3. The molecule has 2 N–H and O–H groups in total. The standard InChI is InChI=1S/C20H25N3O2/c1-14-6-5-7-17(22-14)23-18(24)12-13-21-19(25)15-8-10-16(11-9-15)20(2,3)4/h5-11H,12-13H2,1-4H3,(H,21,25)(H,22,23,24). The molecule has 0 aliphatic heterocycles. The number of anilines is 1. The Balaban J connectivity index is 1.81. The van der Waals surface area contributed by atoms with Gasteiger partial charge in [0.25, 0.3) is 5.91 Å². The Bertz CT molecular complexity index is 746. The highest BCUT2D eigenvalue weighted by atomic mass is 16.2. The predicted octanol–water partition coefficient (Wildman–Crippen LogP) is 3.45. The van der Waals surface area contributed by atoms with Crippen molar-refractivity contribution in [2.75, 3.05) is 11.9 Å². The molecule has 2 amide bonds. The van der Waals surface area contributed by atoms with Crippen molar-refractivity contribution in [3.63, 3.8) is 0 Å². The molecule has 0 bridgehead atoms. The second kappa shape index (κ2) is 7.92. The van der Waals surface area contributed by atoms with Crippen molar-refractivity contribution >= 4 is 17.6 Å². The Morgan fingerprint density at radius 2 is 1.72 bits per heavy atom. The predicted molar refractivity (Wildman–Crippen MR) is 99.7 cm³/mol. The van der Waals surface area contributed by atoms with Gasteiger partial charge < -0.3 is 10.6 Å². The van der Waals surface area contributed by atoms with Crippen molar-refractivity contribution in [1.29, 1.82) is 0 Å². The van der Waals surface area contributed by atoms with Crippen LogP contribution in [-0.4, -0.2) is 23.3 Å². The third kappa shape index (κ3) is 5.71. The van der Waals surface area contributed by atoms with Crippen LogP contribution in [0.1, 0.15) is 48.8 Å². The van der Waals surface area contributed by atoms with Gasteiger partial charge in [0.05, 0.1) is 0 Å². The van der Waals surface area contributed by atoms with Crippen LogP contribution in [0.3, 0.4) is 0 Å². The minimum Gasteiger partial charge on any atom is -0.352 e. The Hall–Kier alpha value is -2.69. The van der Waals surface area contributed by atoms with Crippen LogP contribution in [0.25, 0.3) is 0 Å². The fraction of sp³-hybridized carbons (Fsp3) is 0.350. The molecule has 1 aromatic heterocycles. The summed E-state index contributed by atoms with van der Waals surface area (Å²) in [5, 5.41) is 5.48. The van der Waals surface area contributed by atoms with E-state index < -0.39 is 0 Å². The van der Waals surface area contributed by atoms with E-state index in [4.69, 9.17) is 0 Å². The first kappa shape index (κ1) is 18.6. The number of amides is 2. The molecule has 25 heavy (non-hydrogen) atoms. The van der Waals surface area contributed by atoms with Crippen LogP contribution < -0.4 is 10.6 Å². The molecule has 132 valence electrons. The number of pyridine rings is 1. The zero-order chi connectivity index (χ0) is 18.4. The highest BCUT2D eigenvalue weighted by molar-refractivity contribution is 5.95. The average molecular weight is 339 g/mol. The molecule has 0 aliphatic carbocycles. The van der Waals surface area contributed by atoms with Crippen LogP contribution in [0.5, 0.6) is 0 Å². The van der Waals surface area contributed by atoms with Crippen LogP contribution in [0.15, 0.2) is 42.5 Å². The summed E-state index contributed by atoms with van der Waals surface area (Å²) in [6.07, 6.45) is 0.196. The normalized spacial score (nSPS) is 11.0. The first-order valence-corrected chi connectivity index (χ1v) is 8.38. The van der Waals surface area contributed by atoms with Crippen LogP contribution in [-0.2, 0) is 10.2 Å². The monoisotopic (exact) mass is 339 g/mol. The van der Waals surface area contributed by atoms with Crippen molar-refractivity contribution in [3.8, 4) is 0 Å². The number of benzene rings is 1. The highest BCUT2D eigenvalue weighted by Gasteiger charge is 2.14. The fourth-order valence-corrected chi connectivity index (χ4v) is 2.33. The molecular formula is C20H25N3O2. The first-order chi connectivity index (χ1) is 11.8. The zero-order valence-electron chi connectivity index (χ0n) is 15.2. The maximum Gasteiger partial charge on any atom is 0.251 e. The largest absolute Gasteiger partial charge is 0.352 e. The molecule has 0 spiro atoms. The first-order valence-electron chi connectivity index (χ1n) is 8.38. The summed E-state index contributed by atoms with van der Waals surface area (Å²) in [6, 6.07) is 13.0. The Morgan fingerprint density at radius 1 is 1.04 bits per heavy atom. The number of aryl methyl sites for hydroxylation is 1. The van der Waals surface area contributed by atoms with Gasteiger partial charge >= 0.3 is 0 Å². The van der Waals surface area contributed by atoms with Crippen LogP contribution >= 0.6 is 0 Å². The van der Waals surface area contributed by atoms with E-state index in [1.807, 2.05) is 43.3 Å². The topological polar surface area (TPSA) is 71.1 Å². The summed E-state index contributed by atoms with van der Waals surface area (Å²) in [5.74, 6) is 0.164. The SMILES string of the molecule is Cc1cccc(NC(=O)CCNC(=O)c2ccc(C(C)(C)C)cc2)n1. The van der Waals surface area contributed by atoms with E-state index in [2.05, 4.69) is 36.4 Å². The van der Waals surface area contributed by atoms with E-state index in [0.29, 0.717) is 11.4 Å². The quantitative estimate of drug-likeness (QED) is 0.876. The molecule has 0 unspecified atom stereocenters. The summed E-state index contributed by atoms with van der Waals surface area (Å²) >= 11 is 0. The van der Waals surface area contributed by atoms with Crippen LogP contribution in [0.2, 0.25) is 0 Å². The average Bonchev–Trinajstić information content (AvgIpc) is 2.54. The van der Waals surface area contributed by atoms with Gasteiger partial charge in [0.15, 0.2) is 0 Å². The minimum absolute atomic E-state index is 0.0525. The minimum atomic E-state index is -0.179. The third-order valence-electron chi connectivity index (χ3n) is 3.81. The van der Waals surface area contributed by atoms with Crippen LogP contribution in [0, 0.1) is 6.92 Å². The Morgan fingerprint density at radius 3 is 2.32 bits per heavy atom. The summed E-state index contributed by atoms with van der Waals surface area (Å²) < 4.78 is 0. The van der Waals surface area contributed by atoms with Crippen molar-refractivity contribution in [3.05, 3.63) is 59.3 Å². The van der Waals surface area contributed by atoms with E-state index in [1.54, 1.807) is 6.07 Å². The summed E-state index contributed by atoms with van der Waals surface area (Å²) in [4.78, 5) is 28.2. The molecule has 0 saturated carbocycles. The molecular weight excluding hydrogens is 314 g/mol. The molecule has 0 radical (unpaired) electrons. The molecule has 5 heteroatoms. The Kier molecular flexibility index (Phi) is 5.91. The van der Waals surface area contributed by atoms with Gasteiger partial charge in [-0.15, -0.1) is 0 Å². The molecule has 0 aliphatic rings. The number of hydrogen-bond donors (Lipinski definition) is 2. The number of carbonyl (C=O) groups is 2. The van der Waals surface area contributed by atoms with Crippen molar-refractivity contribution < 1.29 is 9.59 Å². The number of nitrogens with one attached hydrogen (secondary N) is 2. The summed E-state index contributed by atoms with van der Waals surface area (Å²) in [5.41, 5.74) is 2.66. The molecule has 0 atom stereocenters. The van der Waals surface area contributed by atoms with Gasteiger partial charge in [0.2, 0.25) is 5.91 Å². The summed E-state index contributed by atoms with van der Waals surface area (Å²) in [6.45, 7) is 8.52. The van der Waals surface area contributed by atoms with E-state index >= 15 is 0 Å². The van der Waals surface area contributed by atoms with Gasteiger partial charge in [-0.1, -0.05) is 39.0 Å². The second-order valence-corrected chi connectivity index (χ2v) is 7.05. The summed E-state index contributed by atoms with van der Waals surface area (Å²) in [7, 11) is 0. The van der Waals surface area contributed by atoms with Crippen LogP contribution in [0.4, 0.5) is 5.82 Å². The van der Waals surface area contributed by atoms with E-state index in [0.717, 1.165) is 5.69 Å². The molecule has 5 nitrogen and oxygen atoms in total. The lowest BCUT2D eigenvalue weighted by atomic mass is 9.87. The van der Waals surface area contributed by atoms with Gasteiger partial charge in [-0.05, 0) is 42.2 Å². The lowest BCUT2D eigenvalue weighted by Gasteiger charge is -2.19. The molecule has 0 saturated heterocycles. The number of rotatable bonds is 5. The molecule has 2 aromatic rings. The molecule has 1 aromatic carbocycles. The van der Waals surface area contributed by atoms with E-state index in [9.17, 15) is 9.59 Å². The van der Waals surface area contributed by atoms with Crippen molar-refractivity contribution in [2.45, 2.75) is 39.5 Å². The van der Waals surface area contributed by atoms with Crippen molar-refractivity contribution in [2.24, 2.45) is 0 Å². The highest BCUT2D eigenvalue weighted by Crippen LogP contribution is 2.22. The lowest BCUT2D eigenvalue weighted by Crippen LogP contribution is -2.27. The zero-order valence-corrected chi connectivity index (χ0v) is 15.2. The second-order valence-electron chi connectivity index (χ2n) is 7.05. The van der Waals surface area contributed by atoms with E-state index in [1.165, 1.54) is 5.56 Å². The van der Waals surface area contributed by atoms with Gasteiger partial charge in [0.1, 0.15) is 5.82 Å². The molecule has 0 fully saturated rings. The maximum absolute atomic E-state index is 12.1. The third-order valence-corrected chi connectivity index (χ3v) is 3.81. The molecule has 2 rings (SSSR count). The van der Waals surface area contributed by atoms with Gasteiger partial charge in [-0.3, -0.25) is 9.59 Å². The van der Waals surface area contributed by atoms with Gasteiger partial charge in [0, 0.05) is 24.2 Å².